The highest BCUT2D eigenvalue weighted by atomic mass is 35.5. The van der Waals surface area contributed by atoms with Crippen LogP contribution in [-0.2, 0) is 4.79 Å². The number of nitrogens with one attached hydrogen (secondary N) is 1. The van der Waals surface area contributed by atoms with Gasteiger partial charge < -0.3 is 5.32 Å². The molecule has 1 atom stereocenters. The van der Waals surface area contributed by atoms with Gasteiger partial charge in [0.15, 0.2) is 0 Å². The van der Waals surface area contributed by atoms with E-state index in [1.807, 2.05) is 18.2 Å². The van der Waals surface area contributed by atoms with Crippen molar-refractivity contribution >= 4 is 23.2 Å². The van der Waals surface area contributed by atoms with Crippen LogP contribution in [0.5, 0.6) is 0 Å². The number of hydrogen-bond acceptors (Lipinski definition) is 1. The Morgan fingerprint density at radius 3 is 2.86 bits per heavy atom. The van der Waals surface area contributed by atoms with Crippen molar-refractivity contribution in [3.8, 4) is 0 Å². The van der Waals surface area contributed by atoms with Gasteiger partial charge >= 0.3 is 0 Å². The number of halogens is 1. The van der Waals surface area contributed by atoms with Crippen LogP contribution in [0.15, 0.2) is 18.2 Å². The topological polar surface area (TPSA) is 29.1 Å². The first kappa shape index (κ1) is 8.30. The summed E-state index contributed by atoms with van der Waals surface area (Å²) >= 11 is 6.01. The number of amides is 1. The van der Waals surface area contributed by atoms with Crippen LogP contribution in [0.4, 0.5) is 5.69 Å². The molecule has 0 aromatic heterocycles. The predicted octanol–water partition coefficient (Wildman–Crippen LogP) is 2.79. The van der Waals surface area contributed by atoms with Crippen molar-refractivity contribution in [3.05, 3.63) is 28.8 Å². The summed E-state index contributed by atoms with van der Waals surface area (Å²) in [6, 6.07) is 5.73. The van der Waals surface area contributed by atoms with Crippen molar-refractivity contribution in [3.63, 3.8) is 0 Å². The van der Waals surface area contributed by atoms with E-state index in [-0.39, 0.29) is 11.8 Å². The molecule has 3 heteroatoms. The van der Waals surface area contributed by atoms with Crippen molar-refractivity contribution in [2.24, 2.45) is 5.92 Å². The molecule has 1 aliphatic heterocycles. The second kappa shape index (κ2) is 2.74. The first-order valence-electron chi connectivity index (χ1n) is 4.86. The van der Waals surface area contributed by atoms with E-state index < -0.39 is 0 Å². The minimum atomic E-state index is 0.0590. The van der Waals surface area contributed by atoms with E-state index in [4.69, 9.17) is 11.6 Å². The van der Waals surface area contributed by atoms with Gasteiger partial charge in [-0.05, 0) is 30.4 Å². The molecule has 3 rings (SSSR count). The zero-order chi connectivity index (χ0) is 9.71. The van der Waals surface area contributed by atoms with E-state index in [0.717, 1.165) is 11.3 Å². The molecule has 1 N–H and O–H groups in total. The molecule has 1 aliphatic carbocycles. The van der Waals surface area contributed by atoms with Crippen LogP contribution in [0.1, 0.15) is 24.3 Å². The number of rotatable bonds is 1. The highest BCUT2D eigenvalue weighted by Gasteiger charge is 2.42. The highest BCUT2D eigenvalue weighted by molar-refractivity contribution is 6.34. The third-order valence-electron chi connectivity index (χ3n) is 3.00. The number of hydrogen-bond donors (Lipinski definition) is 1. The minimum absolute atomic E-state index is 0.0590. The lowest BCUT2D eigenvalue weighted by Gasteiger charge is -2.05. The Bertz CT molecular complexity index is 412. The molecule has 2 nitrogen and oxygen atoms in total. The second-order valence-electron chi connectivity index (χ2n) is 4.01. The third kappa shape index (κ3) is 1.07. The Labute approximate surface area is 87.3 Å². The van der Waals surface area contributed by atoms with Crippen LogP contribution in [0, 0.1) is 5.92 Å². The van der Waals surface area contributed by atoms with Gasteiger partial charge in [-0.25, -0.2) is 0 Å². The number of para-hydroxylation sites is 1. The Hall–Kier alpha value is -1.02. The number of anilines is 1. The van der Waals surface area contributed by atoms with E-state index in [9.17, 15) is 4.79 Å². The molecule has 1 heterocycles. The van der Waals surface area contributed by atoms with E-state index in [2.05, 4.69) is 5.32 Å². The number of fused-ring (bicyclic) bond motifs is 1. The summed E-state index contributed by atoms with van der Waals surface area (Å²) in [7, 11) is 0. The first-order valence-corrected chi connectivity index (χ1v) is 5.24. The molecule has 1 unspecified atom stereocenters. The molecule has 72 valence electrons. The maximum Gasteiger partial charge on any atom is 0.232 e. The van der Waals surface area contributed by atoms with Gasteiger partial charge in [0.1, 0.15) is 0 Å². The number of carbonyl (C=O) groups is 1. The summed E-state index contributed by atoms with van der Waals surface area (Å²) in [5, 5.41) is 3.52. The van der Waals surface area contributed by atoms with Crippen LogP contribution in [0.25, 0.3) is 0 Å². The van der Waals surface area contributed by atoms with Crippen molar-refractivity contribution in [1.82, 2.24) is 0 Å². The zero-order valence-corrected chi connectivity index (χ0v) is 8.34. The fraction of sp³-hybridized carbons (Fsp3) is 0.364. The average molecular weight is 208 g/mol. The largest absolute Gasteiger partial charge is 0.324 e. The van der Waals surface area contributed by atoms with Gasteiger partial charge in [0.05, 0.1) is 16.6 Å². The molecule has 0 spiro atoms. The van der Waals surface area contributed by atoms with Crippen LogP contribution >= 0.6 is 11.6 Å². The van der Waals surface area contributed by atoms with Crippen LogP contribution in [-0.4, -0.2) is 5.91 Å². The van der Waals surface area contributed by atoms with Gasteiger partial charge in [0.25, 0.3) is 0 Å². The fourth-order valence-corrected chi connectivity index (χ4v) is 2.40. The molecule has 0 bridgehead atoms. The lowest BCUT2D eigenvalue weighted by Crippen LogP contribution is -2.13. The summed E-state index contributed by atoms with van der Waals surface area (Å²) in [5.41, 5.74) is 1.92. The Morgan fingerprint density at radius 1 is 1.36 bits per heavy atom. The standard InChI is InChI=1S/C11H10ClNO/c12-8-3-1-2-7-9(6-4-5-6)11(14)13-10(7)8/h1-3,6,9H,4-5H2,(H,13,14). The number of carbonyl (C=O) groups excluding carboxylic acids is 1. The quantitative estimate of drug-likeness (QED) is 0.754. The molecule has 2 aliphatic rings. The first-order chi connectivity index (χ1) is 6.77. The predicted molar refractivity (Wildman–Crippen MR) is 55.5 cm³/mol. The minimum Gasteiger partial charge on any atom is -0.324 e. The van der Waals surface area contributed by atoms with Gasteiger partial charge in [0, 0.05) is 0 Å². The van der Waals surface area contributed by atoms with Crippen molar-refractivity contribution in [1.29, 1.82) is 0 Å². The van der Waals surface area contributed by atoms with Gasteiger partial charge in [-0.3, -0.25) is 4.79 Å². The van der Waals surface area contributed by atoms with E-state index in [0.29, 0.717) is 10.9 Å². The highest BCUT2D eigenvalue weighted by Crippen LogP contribution is 2.49. The SMILES string of the molecule is O=C1Nc2c(Cl)cccc2C1C1CC1. The van der Waals surface area contributed by atoms with Gasteiger partial charge in [-0.1, -0.05) is 23.7 Å². The van der Waals surface area contributed by atoms with Crippen molar-refractivity contribution < 1.29 is 4.79 Å². The summed E-state index contributed by atoms with van der Waals surface area (Å²) in [6.07, 6.45) is 2.34. The van der Waals surface area contributed by atoms with E-state index >= 15 is 0 Å². The Balaban J connectivity index is 2.12. The molecule has 1 fully saturated rings. The molecular formula is C11H10ClNO. The summed E-state index contributed by atoms with van der Waals surface area (Å²) in [6.45, 7) is 0. The maximum atomic E-state index is 11.7. The molecule has 1 aromatic carbocycles. The molecule has 0 saturated heterocycles. The normalized spacial score (nSPS) is 24.6. The molecular weight excluding hydrogens is 198 g/mol. The molecule has 0 radical (unpaired) electrons. The lowest BCUT2D eigenvalue weighted by molar-refractivity contribution is -0.117. The smallest absolute Gasteiger partial charge is 0.232 e. The monoisotopic (exact) mass is 207 g/mol. The molecule has 1 aromatic rings. The molecule has 1 amide bonds. The van der Waals surface area contributed by atoms with E-state index in [1.165, 1.54) is 12.8 Å². The average Bonchev–Trinajstić information content (AvgIpc) is 2.91. The lowest BCUT2D eigenvalue weighted by atomic mass is 9.96. The zero-order valence-electron chi connectivity index (χ0n) is 7.59. The van der Waals surface area contributed by atoms with Crippen LogP contribution < -0.4 is 5.32 Å². The summed E-state index contributed by atoms with van der Waals surface area (Å²) in [5.74, 6) is 0.731. The third-order valence-corrected chi connectivity index (χ3v) is 3.32. The second-order valence-corrected chi connectivity index (χ2v) is 4.42. The summed E-state index contributed by atoms with van der Waals surface area (Å²) < 4.78 is 0. The fourth-order valence-electron chi connectivity index (χ4n) is 2.17. The van der Waals surface area contributed by atoms with Crippen LogP contribution in [0.3, 0.4) is 0 Å². The Morgan fingerprint density at radius 2 is 2.14 bits per heavy atom. The van der Waals surface area contributed by atoms with Gasteiger partial charge in [-0.2, -0.15) is 0 Å². The maximum absolute atomic E-state index is 11.7. The Kier molecular flexibility index (Phi) is 1.62. The van der Waals surface area contributed by atoms with Crippen LogP contribution in [0.2, 0.25) is 5.02 Å². The molecule has 1 saturated carbocycles. The summed E-state index contributed by atoms with van der Waals surface area (Å²) in [4.78, 5) is 11.7. The number of benzene rings is 1. The van der Waals surface area contributed by atoms with E-state index in [1.54, 1.807) is 0 Å². The molecule has 14 heavy (non-hydrogen) atoms. The van der Waals surface area contributed by atoms with Crippen molar-refractivity contribution in [2.75, 3.05) is 5.32 Å². The van der Waals surface area contributed by atoms with Gasteiger partial charge in [-0.15, -0.1) is 0 Å². The van der Waals surface area contributed by atoms with Gasteiger partial charge in [0.2, 0.25) is 5.91 Å². The van der Waals surface area contributed by atoms with Crippen molar-refractivity contribution in [2.45, 2.75) is 18.8 Å².